The fraction of sp³-hybridized carbons (Fsp3) is 0.895. The molecule has 0 fully saturated rings. The first-order valence-corrected chi connectivity index (χ1v) is 10.7. The number of hydrogen-bond donors (Lipinski definition) is 2. The third kappa shape index (κ3) is 18.4. The van der Waals surface area contributed by atoms with E-state index in [1.165, 1.54) is 63.9 Å². The molecule has 2 nitrogen and oxygen atoms in total. The van der Waals surface area contributed by atoms with E-state index in [4.69, 9.17) is 5.73 Å². The normalized spacial score (nSPS) is 15.0. The summed E-state index contributed by atoms with van der Waals surface area (Å²) >= 11 is -0.187. The van der Waals surface area contributed by atoms with E-state index in [1.807, 2.05) is 6.08 Å². The molecule has 6 heteroatoms. The lowest BCUT2D eigenvalue weighted by molar-refractivity contribution is -0.0329. The largest absolute Gasteiger partial charge is 0.441 e. The van der Waals surface area contributed by atoms with E-state index in [2.05, 4.69) is 6.92 Å². The van der Waals surface area contributed by atoms with Gasteiger partial charge < -0.3 is 10.8 Å². The molecule has 0 radical (unpaired) electrons. The fourth-order valence-electron chi connectivity index (χ4n) is 2.59. The maximum absolute atomic E-state index is 12.1. The molecule has 0 aliphatic rings. The summed E-state index contributed by atoms with van der Waals surface area (Å²) in [4.78, 5) is 0. The number of hydrogen-bond acceptors (Lipinski definition) is 3. The Kier molecular flexibility index (Phi) is 15.9. The van der Waals surface area contributed by atoms with Gasteiger partial charge in [-0.05, 0) is 24.6 Å². The predicted molar refractivity (Wildman–Crippen MR) is 103 cm³/mol. The van der Waals surface area contributed by atoms with Crippen molar-refractivity contribution in [3.8, 4) is 0 Å². The highest BCUT2D eigenvalue weighted by atomic mass is 32.2. The average Bonchev–Trinajstić information content (AvgIpc) is 2.56. The first kappa shape index (κ1) is 24.8. The van der Waals surface area contributed by atoms with Crippen molar-refractivity contribution in [3.05, 3.63) is 12.2 Å². The van der Waals surface area contributed by atoms with Gasteiger partial charge in [-0.1, -0.05) is 83.3 Å². The van der Waals surface area contributed by atoms with Gasteiger partial charge in [-0.3, -0.25) is 0 Å². The molecular weight excluding hydrogens is 347 g/mol. The second kappa shape index (κ2) is 16.0. The Bertz CT molecular complexity index is 324. The zero-order valence-corrected chi connectivity index (χ0v) is 16.4. The van der Waals surface area contributed by atoms with Gasteiger partial charge in [0.2, 0.25) is 0 Å². The molecule has 0 heterocycles. The Morgan fingerprint density at radius 2 is 1.40 bits per heavy atom. The third-order valence-electron chi connectivity index (χ3n) is 4.19. The summed E-state index contributed by atoms with van der Waals surface area (Å²) in [6.45, 7) is 2.23. The fourth-order valence-corrected chi connectivity index (χ4v) is 3.17. The van der Waals surface area contributed by atoms with Gasteiger partial charge in [0.1, 0.15) is 0 Å². The van der Waals surface area contributed by atoms with Crippen LogP contribution < -0.4 is 5.73 Å². The number of alkyl halides is 3. The summed E-state index contributed by atoms with van der Waals surface area (Å²) in [5.41, 5.74) is 1.25. The highest BCUT2D eigenvalue weighted by Gasteiger charge is 2.29. The molecule has 2 unspecified atom stereocenters. The number of nitrogens with two attached hydrogens (primary N) is 1. The van der Waals surface area contributed by atoms with Crippen molar-refractivity contribution < 1.29 is 18.3 Å². The van der Waals surface area contributed by atoms with Crippen LogP contribution in [-0.4, -0.2) is 28.5 Å². The molecule has 3 N–H and O–H groups in total. The Balaban J connectivity index is 3.44. The maximum atomic E-state index is 12.1. The number of aliphatic hydroxyl groups is 1. The van der Waals surface area contributed by atoms with Crippen LogP contribution in [0.1, 0.15) is 84.0 Å². The van der Waals surface area contributed by atoms with E-state index in [-0.39, 0.29) is 17.5 Å². The highest BCUT2D eigenvalue weighted by Crippen LogP contribution is 2.30. The van der Waals surface area contributed by atoms with Gasteiger partial charge in [-0.15, -0.1) is 0 Å². The maximum Gasteiger partial charge on any atom is 0.441 e. The minimum atomic E-state index is -4.30. The van der Waals surface area contributed by atoms with Gasteiger partial charge in [0.05, 0.1) is 6.10 Å². The molecule has 0 amide bonds. The van der Waals surface area contributed by atoms with Crippen molar-refractivity contribution in [3.63, 3.8) is 0 Å². The predicted octanol–water partition coefficient (Wildman–Crippen LogP) is 6.18. The van der Waals surface area contributed by atoms with Gasteiger partial charge in [0.25, 0.3) is 0 Å². The molecule has 0 saturated carbocycles. The van der Waals surface area contributed by atoms with Crippen molar-refractivity contribution in [2.75, 3.05) is 5.75 Å². The number of aliphatic hydroxyl groups excluding tert-OH is 1. The number of allylic oxidation sites excluding steroid dienone is 1. The summed E-state index contributed by atoms with van der Waals surface area (Å²) in [6, 6.07) is -0.889. The van der Waals surface area contributed by atoms with E-state index in [0.29, 0.717) is 0 Å². The first-order valence-electron chi connectivity index (χ1n) is 9.67. The van der Waals surface area contributed by atoms with Crippen LogP contribution in [0.2, 0.25) is 0 Å². The van der Waals surface area contributed by atoms with Crippen LogP contribution >= 0.6 is 11.8 Å². The smallest absolute Gasteiger partial charge is 0.387 e. The zero-order chi connectivity index (χ0) is 19.0. The standard InChI is InChI=1S/C19H36F3NOS/c1-2-3-4-5-6-7-8-9-10-11-12-13-14-15-18(24)17(23)16-25-19(20,21)22/h14-15,17-18,24H,2-13,16,23H2,1H3. The molecule has 25 heavy (non-hydrogen) atoms. The molecule has 0 rings (SSSR count). The van der Waals surface area contributed by atoms with Crippen LogP contribution in [0.25, 0.3) is 0 Å². The molecule has 0 aliphatic heterocycles. The number of unbranched alkanes of at least 4 members (excludes halogenated alkanes) is 11. The summed E-state index contributed by atoms with van der Waals surface area (Å²) < 4.78 is 36.2. The van der Waals surface area contributed by atoms with Gasteiger partial charge in [0, 0.05) is 11.8 Å². The number of rotatable bonds is 16. The topological polar surface area (TPSA) is 46.2 Å². The lowest BCUT2D eigenvalue weighted by Gasteiger charge is -2.16. The molecule has 0 aromatic carbocycles. The lowest BCUT2D eigenvalue weighted by Crippen LogP contribution is -2.36. The summed E-state index contributed by atoms with van der Waals surface area (Å²) in [6.07, 6.45) is 17.3. The van der Waals surface area contributed by atoms with Crippen LogP contribution in [0.3, 0.4) is 0 Å². The summed E-state index contributed by atoms with van der Waals surface area (Å²) in [5.74, 6) is -0.326. The monoisotopic (exact) mass is 383 g/mol. The SMILES string of the molecule is CCCCCCCCCCCCCC=CC(O)C(N)CSC(F)(F)F. The molecule has 0 aromatic heterocycles. The van der Waals surface area contributed by atoms with Crippen LogP contribution in [0, 0.1) is 0 Å². The molecule has 2 atom stereocenters. The molecule has 0 saturated heterocycles. The lowest BCUT2D eigenvalue weighted by atomic mass is 10.0. The Labute approximate surface area is 155 Å². The second-order valence-corrected chi connectivity index (χ2v) is 7.75. The van der Waals surface area contributed by atoms with Crippen LogP contribution in [0.15, 0.2) is 12.2 Å². The molecule has 0 aromatic rings. The van der Waals surface area contributed by atoms with Crippen molar-refractivity contribution in [2.45, 2.75) is 102 Å². The average molecular weight is 384 g/mol. The van der Waals surface area contributed by atoms with Gasteiger partial charge >= 0.3 is 5.51 Å². The van der Waals surface area contributed by atoms with E-state index >= 15 is 0 Å². The van der Waals surface area contributed by atoms with E-state index in [1.54, 1.807) is 0 Å². The van der Waals surface area contributed by atoms with Crippen molar-refractivity contribution in [1.82, 2.24) is 0 Å². The van der Waals surface area contributed by atoms with Crippen LogP contribution in [-0.2, 0) is 0 Å². The third-order valence-corrected chi connectivity index (χ3v) is 5.06. The molecule has 150 valence electrons. The zero-order valence-electron chi connectivity index (χ0n) is 15.6. The van der Waals surface area contributed by atoms with Gasteiger partial charge in [-0.25, -0.2) is 0 Å². The van der Waals surface area contributed by atoms with Crippen molar-refractivity contribution in [1.29, 1.82) is 0 Å². The Morgan fingerprint density at radius 1 is 0.920 bits per heavy atom. The second-order valence-electron chi connectivity index (χ2n) is 6.66. The van der Waals surface area contributed by atoms with Crippen LogP contribution in [0.4, 0.5) is 13.2 Å². The van der Waals surface area contributed by atoms with Crippen molar-refractivity contribution in [2.24, 2.45) is 5.73 Å². The van der Waals surface area contributed by atoms with E-state index < -0.39 is 17.7 Å². The van der Waals surface area contributed by atoms with Crippen LogP contribution in [0.5, 0.6) is 0 Å². The molecule has 0 bridgehead atoms. The first-order chi connectivity index (χ1) is 11.9. The van der Waals surface area contributed by atoms with E-state index in [9.17, 15) is 18.3 Å². The van der Waals surface area contributed by atoms with Crippen molar-refractivity contribution >= 4 is 11.8 Å². The summed E-state index contributed by atoms with van der Waals surface area (Å²) in [5, 5.41) is 9.70. The van der Waals surface area contributed by atoms with Gasteiger partial charge in [0.15, 0.2) is 0 Å². The van der Waals surface area contributed by atoms with E-state index in [0.717, 1.165) is 19.3 Å². The Morgan fingerprint density at radius 3 is 1.88 bits per heavy atom. The number of thioether (sulfide) groups is 1. The summed E-state index contributed by atoms with van der Waals surface area (Å²) in [7, 11) is 0. The molecule has 0 aliphatic carbocycles. The molecular formula is C19H36F3NOS. The minimum Gasteiger partial charge on any atom is -0.387 e. The minimum absolute atomic E-state index is 0.187. The number of halogens is 3. The highest BCUT2D eigenvalue weighted by molar-refractivity contribution is 8.00. The Hall–Kier alpha value is -0.200. The molecule has 0 spiro atoms. The quantitative estimate of drug-likeness (QED) is 0.247. The van der Waals surface area contributed by atoms with Gasteiger partial charge in [-0.2, -0.15) is 13.2 Å².